The number of aryl methyl sites for hydroxylation is 1. The minimum Gasteiger partial charge on any atom is -0.487 e. The van der Waals surface area contributed by atoms with Crippen LogP contribution >= 0.6 is 0 Å². The Bertz CT molecular complexity index is 1040. The highest BCUT2D eigenvalue weighted by atomic mass is 16.5. The highest BCUT2D eigenvalue weighted by molar-refractivity contribution is 5.42. The van der Waals surface area contributed by atoms with Gasteiger partial charge in [0.2, 0.25) is 0 Å². The Morgan fingerprint density at radius 3 is 2.66 bits per heavy atom. The number of hydrogen-bond donors (Lipinski definition) is 3. The van der Waals surface area contributed by atoms with Crippen molar-refractivity contribution < 1.29 is 9.84 Å². The molecule has 1 fully saturated rings. The molecule has 1 spiro atoms. The fourth-order valence-electron chi connectivity index (χ4n) is 5.57. The molecule has 1 aromatic heterocycles. The molecular weight excluding hydrogens is 436 g/mol. The molecule has 5 rings (SSSR count). The zero-order chi connectivity index (χ0) is 24.1. The van der Waals surface area contributed by atoms with Gasteiger partial charge in [-0.3, -0.25) is 4.98 Å². The van der Waals surface area contributed by atoms with E-state index in [0.29, 0.717) is 18.8 Å². The van der Waals surface area contributed by atoms with Crippen molar-refractivity contribution in [1.82, 2.24) is 15.3 Å². The largest absolute Gasteiger partial charge is 0.487 e. The lowest BCUT2D eigenvalue weighted by Gasteiger charge is -2.41. The SMILES string of the molecule is CCc1ccc2c(c1)[C@@H](NC[C@@H](O)[C@H](Cc1ccccc1)Nc1cnccn1)CC1(CCCC1)O2. The number of aromatic nitrogens is 2. The molecule has 6 nitrogen and oxygen atoms in total. The van der Waals surface area contributed by atoms with E-state index in [2.05, 4.69) is 57.9 Å². The van der Waals surface area contributed by atoms with Gasteiger partial charge in [-0.1, -0.05) is 49.4 Å². The highest BCUT2D eigenvalue weighted by Gasteiger charge is 2.43. The molecule has 0 radical (unpaired) electrons. The monoisotopic (exact) mass is 472 g/mol. The Labute approximate surface area is 208 Å². The molecular formula is C29H36N4O2. The van der Waals surface area contributed by atoms with Gasteiger partial charge in [-0.15, -0.1) is 0 Å². The van der Waals surface area contributed by atoms with Crippen LogP contribution in [0.15, 0.2) is 67.1 Å². The second kappa shape index (κ2) is 10.8. The van der Waals surface area contributed by atoms with Crippen LogP contribution in [0.25, 0.3) is 0 Å². The van der Waals surface area contributed by atoms with Gasteiger partial charge in [0, 0.05) is 37.0 Å². The minimum atomic E-state index is -0.614. The van der Waals surface area contributed by atoms with E-state index in [1.165, 1.54) is 29.5 Å². The molecule has 1 saturated carbocycles. The summed E-state index contributed by atoms with van der Waals surface area (Å²) < 4.78 is 6.59. The van der Waals surface area contributed by atoms with Gasteiger partial charge in [-0.25, -0.2) is 4.98 Å². The van der Waals surface area contributed by atoms with Gasteiger partial charge in [-0.2, -0.15) is 0 Å². The van der Waals surface area contributed by atoms with E-state index < -0.39 is 6.10 Å². The first kappa shape index (κ1) is 23.8. The van der Waals surface area contributed by atoms with Crippen molar-refractivity contribution in [2.45, 2.75) is 75.7 Å². The second-order valence-electron chi connectivity index (χ2n) is 9.98. The van der Waals surface area contributed by atoms with Crippen molar-refractivity contribution in [3.63, 3.8) is 0 Å². The van der Waals surface area contributed by atoms with E-state index in [9.17, 15) is 5.11 Å². The van der Waals surface area contributed by atoms with Gasteiger partial charge in [0.25, 0.3) is 0 Å². The molecule has 0 amide bonds. The summed E-state index contributed by atoms with van der Waals surface area (Å²) in [5, 5.41) is 18.5. The average Bonchev–Trinajstić information content (AvgIpc) is 3.35. The first-order chi connectivity index (χ1) is 17.1. The van der Waals surface area contributed by atoms with Crippen molar-refractivity contribution >= 4 is 5.82 Å². The molecule has 2 aliphatic rings. The summed E-state index contributed by atoms with van der Waals surface area (Å²) in [6, 6.07) is 16.8. The van der Waals surface area contributed by atoms with Crippen molar-refractivity contribution in [3.8, 4) is 5.75 Å². The summed E-state index contributed by atoms with van der Waals surface area (Å²) >= 11 is 0. The van der Waals surface area contributed by atoms with Crippen LogP contribution in [0.1, 0.15) is 61.8 Å². The minimum absolute atomic E-state index is 0.0787. The molecule has 0 bridgehead atoms. The molecule has 1 aliphatic heterocycles. The first-order valence-electron chi connectivity index (χ1n) is 12.9. The van der Waals surface area contributed by atoms with Crippen LogP contribution in [0, 0.1) is 0 Å². The number of benzene rings is 2. The summed E-state index contributed by atoms with van der Waals surface area (Å²) in [6.07, 6.45) is 11.7. The third-order valence-electron chi connectivity index (χ3n) is 7.51. The lowest BCUT2D eigenvalue weighted by molar-refractivity contribution is 0.0335. The van der Waals surface area contributed by atoms with Crippen LogP contribution in [0.3, 0.4) is 0 Å². The van der Waals surface area contributed by atoms with Gasteiger partial charge in [0.1, 0.15) is 17.2 Å². The van der Waals surface area contributed by atoms with Crippen molar-refractivity contribution in [1.29, 1.82) is 0 Å². The van der Waals surface area contributed by atoms with Crippen LogP contribution in [0.4, 0.5) is 5.82 Å². The van der Waals surface area contributed by atoms with E-state index in [1.54, 1.807) is 18.6 Å². The van der Waals surface area contributed by atoms with Crippen molar-refractivity contribution in [3.05, 3.63) is 83.8 Å². The third-order valence-corrected chi connectivity index (χ3v) is 7.51. The lowest BCUT2D eigenvalue weighted by atomic mass is 9.85. The number of anilines is 1. The summed E-state index contributed by atoms with van der Waals surface area (Å²) in [5.74, 6) is 1.67. The van der Waals surface area contributed by atoms with Crippen LogP contribution in [-0.2, 0) is 12.8 Å². The van der Waals surface area contributed by atoms with E-state index in [1.807, 2.05) is 18.2 Å². The molecule has 3 N–H and O–H groups in total. The average molecular weight is 473 g/mol. The van der Waals surface area contributed by atoms with Gasteiger partial charge < -0.3 is 20.5 Å². The summed E-state index contributed by atoms with van der Waals surface area (Å²) in [7, 11) is 0. The summed E-state index contributed by atoms with van der Waals surface area (Å²) in [5.41, 5.74) is 3.62. The fourth-order valence-corrected chi connectivity index (χ4v) is 5.57. The Hall–Kier alpha value is -2.96. The maximum Gasteiger partial charge on any atom is 0.144 e. The molecule has 184 valence electrons. The third kappa shape index (κ3) is 5.65. The van der Waals surface area contributed by atoms with E-state index >= 15 is 0 Å². The van der Waals surface area contributed by atoms with Gasteiger partial charge >= 0.3 is 0 Å². The van der Waals surface area contributed by atoms with Crippen molar-refractivity contribution in [2.24, 2.45) is 0 Å². The molecule has 2 heterocycles. The lowest BCUT2D eigenvalue weighted by Crippen LogP contribution is -2.47. The number of aliphatic hydroxyl groups excluding tert-OH is 1. The van der Waals surface area contributed by atoms with E-state index in [0.717, 1.165) is 31.4 Å². The molecule has 2 aromatic carbocycles. The number of nitrogens with zero attached hydrogens (tertiary/aromatic N) is 2. The second-order valence-corrected chi connectivity index (χ2v) is 9.98. The standard InChI is InChI=1S/C29H36N4O2/c1-2-21-10-11-27-23(16-21)25(18-29(35-27)12-6-7-13-29)32-19-26(34)24(17-22-8-4-3-5-9-22)33-28-20-30-14-15-31-28/h3-5,8-11,14-16,20,24-26,32,34H,2,6-7,12-13,17-19H2,1H3,(H,31,33)/t24-,25-,26+/m0/s1. The Kier molecular flexibility index (Phi) is 7.30. The predicted molar refractivity (Wildman–Crippen MR) is 139 cm³/mol. The number of ether oxygens (including phenoxy) is 1. The molecule has 35 heavy (non-hydrogen) atoms. The molecule has 3 atom stereocenters. The zero-order valence-electron chi connectivity index (χ0n) is 20.5. The van der Waals surface area contributed by atoms with Crippen LogP contribution in [-0.4, -0.2) is 39.4 Å². The summed E-state index contributed by atoms with van der Waals surface area (Å²) in [4.78, 5) is 8.54. The van der Waals surface area contributed by atoms with Gasteiger partial charge in [0.15, 0.2) is 0 Å². The van der Waals surface area contributed by atoms with Crippen LogP contribution < -0.4 is 15.4 Å². The van der Waals surface area contributed by atoms with E-state index in [4.69, 9.17) is 4.74 Å². The number of aliphatic hydroxyl groups is 1. The quantitative estimate of drug-likeness (QED) is 0.413. The Balaban J connectivity index is 1.33. The predicted octanol–water partition coefficient (Wildman–Crippen LogP) is 4.85. The van der Waals surface area contributed by atoms with Gasteiger partial charge in [0.05, 0.1) is 18.3 Å². The van der Waals surface area contributed by atoms with Crippen LogP contribution in [0.5, 0.6) is 5.75 Å². The zero-order valence-corrected chi connectivity index (χ0v) is 20.5. The molecule has 1 aliphatic carbocycles. The molecule has 0 saturated heterocycles. The van der Waals surface area contributed by atoms with Crippen molar-refractivity contribution in [2.75, 3.05) is 11.9 Å². The van der Waals surface area contributed by atoms with Crippen LogP contribution in [0.2, 0.25) is 0 Å². The maximum absolute atomic E-state index is 11.4. The number of rotatable bonds is 9. The Morgan fingerprint density at radius 1 is 1.09 bits per heavy atom. The van der Waals surface area contributed by atoms with E-state index in [-0.39, 0.29) is 17.7 Å². The molecule has 3 aromatic rings. The topological polar surface area (TPSA) is 79.3 Å². The summed E-state index contributed by atoms with van der Waals surface area (Å²) in [6.45, 7) is 2.66. The number of nitrogens with one attached hydrogen (secondary N) is 2. The fraction of sp³-hybridized carbons (Fsp3) is 0.448. The number of fused-ring (bicyclic) bond motifs is 1. The molecule has 0 unspecified atom stereocenters. The Morgan fingerprint density at radius 2 is 1.91 bits per heavy atom. The maximum atomic E-state index is 11.4. The smallest absolute Gasteiger partial charge is 0.144 e. The molecule has 6 heteroatoms. The normalized spacial score (nSPS) is 20.1. The first-order valence-corrected chi connectivity index (χ1v) is 12.9. The number of hydrogen-bond acceptors (Lipinski definition) is 6. The highest BCUT2D eigenvalue weighted by Crippen LogP contribution is 2.47. The van der Waals surface area contributed by atoms with Gasteiger partial charge in [-0.05, 0) is 55.7 Å².